The number of carboxylic acids is 1. The SMILES string of the molecule is COc1c2cc(C)oc2c(C(N)CCC(=O)O)c2cc(C)oc12. The molecule has 1 aromatic carbocycles. The molecule has 6 heteroatoms. The van der Waals surface area contributed by atoms with E-state index in [0.29, 0.717) is 23.3 Å². The molecule has 0 saturated heterocycles. The number of nitrogens with two attached hydrogens (primary N) is 1. The average molecular weight is 317 g/mol. The van der Waals surface area contributed by atoms with E-state index < -0.39 is 12.0 Å². The van der Waals surface area contributed by atoms with Gasteiger partial charge in [0, 0.05) is 23.4 Å². The van der Waals surface area contributed by atoms with Crippen molar-refractivity contribution in [3.05, 3.63) is 29.2 Å². The maximum Gasteiger partial charge on any atom is 0.303 e. The van der Waals surface area contributed by atoms with E-state index in [1.807, 2.05) is 26.0 Å². The molecule has 3 rings (SSSR count). The summed E-state index contributed by atoms with van der Waals surface area (Å²) >= 11 is 0. The van der Waals surface area contributed by atoms with E-state index in [0.717, 1.165) is 27.9 Å². The fourth-order valence-electron chi connectivity index (χ4n) is 3.00. The molecule has 2 heterocycles. The second-order valence-electron chi connectivity index (χ2n) is 5.69. The number of carboxylic acid groups (broad SMARTS) is 1. The molecule has 23 heavy (non-hydrogen) atoms. The first-order chi connectivity index (χ1) is 10.9. The Morgan fingerprint density at radius 2 is 1.83 bits per heavy atom. The minimum Gasteiger partial charge on any atom is -0.492 e. The number of furan rings is 2. The minimum absolute atomic E-state index is 0.00724. The summed E-state index contributed by atoms with van der Waals surface area (Å²) in [5.41, 5.74) is 8.29. The van der Waals surface area contributed by atoms with Gasteiger partial charge in [0.15, 0.2) is 11.3 Å². The third-order valence-electron chi connectivity index (χ3n) is 3.94. The van der Waals surface area contributed by atoms with Crippen molar-refractivity contribution in [2.45, 2.75) is 32.7 Å². The van der Waals surface area contributed by atoms with Gasteiger partial charge in [-0.3, -0.25) is 4.79 Å². The zero-order chi connectivity index (χ0) is 16.7. The molecule has 0 aliphatic rings. The van der Waals surface area contributed by atoms with Gasteiger partial charge >= 0.3 is 5.97 Å². The largest absolute Gasteiger partial charge is 0.492 e. The van der Waals surface area contributed by atoms with Crippen LogP contribution in [0.3, 0.4) is 0 Å². The van der Waals surface area contributed by atoms with Crippen molar-refractivity contribution < 1.29 is 23.5 Å². The van der Waals surface area contributed by atoms with Gasteiger partial charge in [-0.25, -0.2) is 0 Å². The summed E-state index contributed by atoms with van der Waals surface area (Å²) in [5.74, 6) is 1.19. The predicted octanol–water partition coefficient (Wildman–Crippen LogP) is 3.67. The number of fused-ring (bicyclic) bond motifs is 2. The van der Waals surface area contributed by atoms with E-state index >= 15 is 0 Å². The first-order valence-electron chi connectivity index (χ1n) is 7.40. The normalized spacial score (nSPS) is 12.9. The van der Waals surface area contributed by atoms with E-state index in [4.69, 9.17) is 24.4 Å². The number of carbonyl (C=O) groups is 1. The van der Waals surface area contributed by atoms with Crippen LogP contribution < -0.4 is 10.5 Å². The lowest BCUT2D eigenvalue weighted by atomic mass is 9.96. The van der Waals surface area contributed by atoms with Gasteiger partial charge in [-0.15, -0.1) is 0 Å². The summed E-state index contributed by atoms with van der Waals surface area (Å²) in [5, 5.41) is 10.5. The summed E-state index contributed by atoms with van der Waals surface area (Å²) < 4.78 is 17.1. The smallest absolute Gasteiger partial charge is 0.303 e. The molecule has 0 saturated carbocycles. The van der Waals surface area contributed by atoms with Crippen LogP contribution in [0.4, 0.5) is 0 Å². The highest BCUT2D eigenvalue weighted by Crippen LogP contribution is 2.43. The van der Waals surface area contributed by atoms with E-state index in [1.54, 1.807) is 7.11 Å². The lowest BCUT2D eigenvalue weighted by Gasteiger charge is -2.14. The van der Waals surface area contributed by atoms with Crippen molar-refractivity contribution in [1.29, 1.82) is 0 Å². The molecule has 0 fully saturated rings. The number of aliphatic carboxylic acids is 1. The highest BCUT2D eigenvalue weighted by Gasteiger charge is 2.25. The number of aryl methyl sites for hydroxylation is 2. The maximum atomic E-state index is 10.9. The molecule has 3 aromatic rings. The molecule has 2 aromatic heterocycles. The monoisotopic (exact) mass is 317 g/mol. The Morgan fingerprint density at radius 3 is 2.43 bits per heavy atom. The Hall–Kier alpha value is -2.47. The summed E-state index contributed by atoms with van der Waals surface area (Å²) in [7, 11) is 1.58. The van der Waals surface area contributed by atoms with Gasteiger partial charge in [0.05, 0.1) is 12.5 Å². The zero-order valence-corrected chi connectivity index (χ0v) is 13.3. The van der Waals surface area contributed by atoms with Crippen LogP contribution in [0.25, 0.3) is 21.9 Å². The van der Waals surface area contributed by atoms with Crippen LogP contribution in [0.5, 0.6) is 5.75 Å². The first-order valence-corrected chi connectivity index (χ1v) is 7.40. The second-order valence-corrected chi connectivity index (χ2v) is 5.69. The molecule has 0 aliphatic heterocycles. The van der Waals surface area contributed by atoms with Crippen LogP contribution in [0.1, 0.15) is 36.0 Å². The number of hydrogen-bond acceptors (Lipinski definition) is 5. The Balaban J connectivity index is 2.30. The third kappa shape index (κ3) is 2.55. The molecule has 1 unspecified atom stereocenters. The van der Waals surface area contributed by atoms with Gasteiger partial charge in [-0.1, -0.05) is 0 Å². The zero-order valence-electron chi connectivity index (χ0n) is 13.3. The van der Waals surface area contributed by atoms with Crippen molar-refractivity contribution >= 4 is 27.9 Å². The molecular weight excluding hydrogens is 298 g/mol. The van der Waals surface area contributed by atoms with Crippen molar-refractivity contribution in [1.82, 2.24) is 0 Å². The molecule has 0 bridgehead atoms. The summed E-state index contributed by atoms with van der Waals surface area (Å²) in [4.78, 5) is 10.9. The van der Waals surface area contributed by atoms with Gasteiger partial charge in [0.2, 0.25) is 0 Å². The summed E-state index contributed by atoms with van der Waals surface area (Å²) in [6, 6.07) is 3.29. The van der Waals surface area contributed by atoms with Crippen molar-refractivity contribution in [3.63, 3.8) is 0 Å². The Morgan fingerprint density at radius 1 is 1.22 bits per heavy atom. The van der Waals surface area contributed by atoms with Gasteiger partial charge in [-0.05, 0) is 32.4 Å². The lowest BCUT2D eigenvalue weighted by Crippen LogP contribution is -2.13. The highest BCUT2D eigenvalue weighted by atomic mass is 16.5. The summed E-state index contributed by atoms with van der Waals surface area (Å²) in [6.45, 7) is 3.69. The topological polar surface area (TPSA) is 98.8 Å². The van der Waals surface area contributed by atoms with Crippen LogP contribution in [-0.2, 0) is 4.79 Å². The van der Waals surface area contributed by atoms with E-state index in [-0.39, 0.29) is 6.42 Å². The number of ether oxygens (including phenoxy) is 1. The molecule has 0 amide bonds. The number of hydrogen-bond donors (Lipinski definition) is 2. The summed E-state index contributed by atoms with van der Waals surface area (Å²) in [6.07, 6.45) is 0.308. The van der Waals surface area contributed by atoms with Crippen molar-refractivity contribution in [3.8, 4) is 5.75 Å². The van der Waals surface area contributed by atoms with Crippen molar-refractivity contribution in [2.24, 2.45) is 5.73 Å². The number of rotatable bonds is 5. The predicted molar refractivity (Wildman–Crippen MR) is 85.8 cm³/mol. The molecular formula is C17H19NO5. The van der Waals surface area contributed by atoms with E-state index in [9.17, 15) is 4.79 Å². The Kier molecular flexibility index (Phi) is 3.77. The molecule has 1 atom stereocenters. The second kappa shape index (κ2) is 5.62. The molecule has 6 nitrogen and oxygen atoms in total. The first kappa shape index (κ1) is 15.4. The van der Waals surface area contributed by atoms with Crippen LogP contribution >= 0.6 is 0 Å². The van der Waals surface area contributed by atoms with Gasteiger partial charge in [-0.2, -0.15) is 0 Å². The van der Waals surface area contributed by atoms with Gasteiger partial charge < -0.3 is 24.4 Å². The molecule has 122 valence electrons. The van der Waals surface area contributed by atoms with Gasteiger partial charge in [0.25, 0.3) is 0 Å². The van der Waals surface area contributed by atoms with Crippen LogP contribution in [-0.4, -0.2) is 18.2 Å². The molecule has 0 radical (unpaired) electrons. The van der Waals surface area contributed by atoms with E-state index in [1.165, 1.54) is 0 Å². The lowest BCUT2D eigenvalue weighted by molar-refractivity contribution is -0.137. The number of methoxy groups -OCH3 is 1. The standard InChI is InChI=1S/C17H19NO5/c1-8-6-10-14(12(18)4-5-13(19)20)15-11(7-9(2)22-15)16(21-3)17(10)23-8/h6-7,12H,4-5,18H2,1-3H3,(H,19,20). The fourth-order valence-corrected chi connectivity index (χ4v) is 3.00. The molecule has 3 N–H and O–H groups in total. The number of benzene rings is 1. The Bertz CT molecular complexity index is 832. The molecule has 0 spiro atoms. The van der Waals surface area contributed by atoms with Crippen molar-refractivity contribution in [2.75, 3.05) is 7.11 Å². The highest BCUT2D eigenvalue weighted by molar-refractivity contribution is 6.05. The Labute approximate surface area is 132 Å². The maximum absolute atomic E-state index is 10.9. The average Bonchev–Trinajstić information content (AvgIpc) is 3.03. The quantitative estimate of drug-likeness (QED) is 0.745. The van der Waals surface area contributed by atoms with E-state index in [2.05, 4.69) is 0 Å². The van der Waals surface area contributed by atoms with Crippen LogP contribution in [0.15, 0.2) is 21.0 Å². The van der Waals surface area contributed by atoms with Gasteiger partial charge in [0.1, 0.15) is 17.1 Å². The molecule has 0 aliphatic carbocycles. The minimum atomic E-state index is -0.875. The van der Waals surface area contributed by atoms with Crippen LogP contribution in [0, 0.1) is 13.8 Å². The van der Waals surface area contributed by atoms with Crippen LogP contribution in [0.2, 0.25) is 0 Å². The third-order valence-corrected chi connectivity index (χ3v) is 3.94. The fraction of sp³-hybridized carbons (Fsp3) is 0.353.